The molecule has 18 heavy (non-hydrogen) atoms. The van der Waals surface area contributed by atoms with Crippen LogP contribution in [0.1, 0.15) is 44.3 Å². The van der Waals surface area contributed by atoms with Gasteiger partial charge < -0.3 is 0 Å². The van der Waals surface area contributed by atoms with Gasteiger partial charge in [0.25, 0.3) is 0 Å². The lowest BCUT2D eigenvalue weighted by atomic mass is 9.93. The van der Waals surface area contributed by atoms with E-state index in [0.29, 0.717) is 11.1 Å². The summed E-state index contributed by atoms with van der Waals surface area (Å²) in [5.41, 5.74) is 4.37. The molecule has 2 nitrogen and oxygen atoms in total. The van der Waals surface area contributed by atoms with Crippen molar-refractivity contribution in [2.24, 2.45) is 0 Å². The second-order valence-corrected chi connectivity index (χ2v) is 4.97. The van der Waals surface area contributed by atoms with E-state index in [4.69, 9.17) is 0 Å². The van der Waals surface area contributed by atoms with Crippen molar-refractivity contribution in [1.29, 1.82) is 0 Å². The summed E-state index contributed by atoms with van der Waals surface area (Å²) in [5.74, 6) is -0.680. The summed E-state index contributed by atoms with van der Waals surface area (Å²) in [6.07, 6.45) is 0.781. The lowest BCUT2D eigenvalue weighted by molar-refractivity contribution is 0.0825. The number of ketones is 2. The van der Waals surface area contributed by atoms with Crippen molar-refractivity contribution in [2.45, 2.75) is 27.2 Å². The third-order valence-corrected chi connectivity index (χ3v) is 3.74. The molecule has 0 unspecified atom stereocenters. The molecule has 0 aliphatic heterocycles. The van der Waals surface area contributed by atoms with E-state index in [-0.39, 0.29) is 11.6 Å². The van der Waals surface area contributed by atoms with Gasteiger partial charge in [-0.3, -0.25) is 9.59 Å². The van der Waals surface area contributed by atoms with Crippen molar-refractivity contribution in [2.75, 3.05) is 0 Å². The van der Waals surface area contributed by atoms with Crippen LogP contribution in [0.5, 0.6) is 0 Å². The molecule has 3 rings (SSSR count). The Labute approximate surface area is 106 Å². The van der Waals surface area contributed by atoms with Crippen LogP contribution in [0.4, 0.5) is 0 Å². The molecule has 0 saturated carbocycles. The number of hydrogen-bond acceptors (Lipinski definition) is 2. The van der Waals surface area contributed by atoms with Gasteiger partial charge in [0, 0.05) is 16.5 Å². The number of carbonyl (C=O) groups excluding carboxylic acids is 2. The Balaban J connectivity index is 2.58. The fourth-order valence-corrected chi connectivity index (χ4v) is 3.00. The van der Waals surface area contributed by atoms with Crippen molar-refractivity contribution in [1.82, 2.24) is 0 Å². The standard InChI is InChI=1S/C16H14O2/c1-4-11-9(3)7-10-5-8(2)6-12-13(10)14(11)16(18)15(12)17/h5-7H,4H2,1-3H3. The molecule has 0 heterocycles. The number of aryl methyl sites for hydroxylation is 2. The lowest BCUT2D eigenvalue weighted by Crippen LogP contribution is -2.09. The Kier molecular flexibility index (Phi) is 2.18. The van der Waals surface area contributed by atoms with Gasteiger partial charge in [0.05, 0.1) is 0 Å². The van der Waals surface area contributed by atoms with Gasteiger partial charge in [-0.2, -0.15) is 0 Å². The van der Waals surface area contributed by atoms with Crippen LogP contribution in [0.3, 0.4) is 0 Å². The molecule has 0 aromatic heterocycles. The molecule has 0 bridgehead atoms. The zero-order chi connectivity index (χ0) is 13.0. The monoisotopic (exact) mass is 238 g/mol. The molecule has 1 aliphatic carbocycles. The quantitative estimate of drug-likeness (QED) is 0.713. The van der Waals surface area contributed by atoms with Crippen LogP contribution < -0.4 is 0 Å². The minimum atomic E-state index is -0.348. The summed E-state index contributed by atoms with van der Waals surface area (Å²) in [5, 5.41) is 1.87. The summed E-state index contributed by atoms with van der Waals surface area (Å²) >= 11 is 0. The Morgan fingerprint density at radius 2 is 1.72 bits per heavy atom. The summed E-state index contributed by atoms with van der Waals surface area (Å²) in [7, 11) is 0. The molecule has 0 amide bonds. The third-order valence-electron chi connectivity index (χ3n) is 3.74. The summed E-state index contributed by atoms with van der Waals surface area (Å²) in [6.45, 7) is 5.98. The van der Waals surface area contributed by atoms with Crippen LogP contribution >= 0.6 is 0 Å². The predicted molar refractivity (Wildman–Crippen MR) is 71.5 cm³/mol. The van der Waals surface area contributed by atoms with Crippen LogP contribution in [0.15, 0.2) is 18.2 Å². The maximum Gasteiger partial charge on any atom is 0.234 e. The maximum atomic E-state index is 12.2. The minimum absolute atomic E-state index is 0.332. The first-order valence-electron chi connectivity index (χ1n) is 6.20. The molecular weight excluding hydrogens is 224 g/mol. The Morgan fingerprint density at radius 1 is 1.00 bits per heavy atom. The van der Waals surface area contributed by atoms with E-state index in [1.807, 2.05) is 32.9 Å². The fraction of sp³-hybridized carbons (Fsp3) is 0.250. The van der Waals surface area contributed by atoms with E-state index >= 15 is 0 Å². The first-order chi connectivity index (χ1) is 8.54. The molecule has 0 radical (unpaired) electrons. The van der Waals surface area contributed by atoms with E-state index in [2.05, 4.69) is 6.07 Å². The van der Waals surface area contributed by atoms with Crippen LogP contribution in [0, 0.1) is 13.8 Å². The largest absolute Gasteiger partial charge is 0.285 e. The van der Waals surface area contributed by atoms with E-state index in [9.17, 15) is 9.59 Å². The SMILES string of the molecule is CCc1c(C)cc2cc(C)cc3c2c1C(=O)C3=O. The highest BCUT2D eigenvalue weighted by Gasteiger charge is 2.33. The fourth-order valence-electron chi connectivity index (χ4n) is 3.00. The third kappa shape index (κ3) is 1.23. The summed E-state index contributed by atoms with van der Waals surface area (Å²) in [4.78, 5) is 24.2. The average Bonchev–Trinajstić information content (AvgIpc) is 2.56. The highest BCUT2D eigenvalue weighted by Crippen LogP contribution is 2.36. The molecule has 0 N–H and O–H groups in total. The predicted octanol–water partition coefficient (Wildman–Crippen LogP) is 3.40. The highest BCUT2D eigenvalue weighted by molar-refractivity contribution is 6.57. The highest BCUT2D eigenvalue weighted by atomic mass is 16.2. The van der Waals surface area contributed by atoms with Crippen LogP contribution in [-0.2, 0) is 6.42 Å². The van der Waals surface area contributed by atoms with Gasteiger partial charge in [-0.25, -0.2) is 0 Å². The van der Waals surface area contributed by atoms with Gasteiger partial charge in [-0.15, -0.1) is 0 Å². The van der Waals surface area contributed by atoms with Gasteiger partial charge in [0.2, 0.25) is 11.6 Å². The molecule has 2 aromatic rings. The number of hydrogen-bond donors (Lipinski definition) is 0. The zero-order valence-corrected chi connectivity index (χ0v) is 10.8. The normalized spacial score (nSPS) is 13.7. The van der Waals surface area contributed by atoms with Gasteiger partial charge >= 0.3 is 0 Å². The van der Waals surface area contributed by atoms with Gasteiger partial charge in [-0.1, -0.05) is 19.1 Å². The second kappa shape index (κ2) is 3.52. The van der Waals surface area contributed by atoms with E-state index in [0.717, 1.165) is 33.9 Å². The lowest BCUT2D eigenvalue weighted by Gasteiger charge is -2.10. The molecule has 2 aromatic carbocycles. The Bertz CT molecular complexity index is 724. The van der Waals surface area contributed by atoms with Crippen molar-refractivity contribution in [3.05, 3.63) is 46.0 Å². The molecule has 2 heteroatoms. The molecule has 0 spiro atoms. The molecule has 1 aliphatic rings. The maximum absolute atomic E-state index is 12.2. The average molecular weight is 238 g/mol. The molecule has 0 fully saturated rings. The Hall–Kier alpha value is -1.96. The molecule has 0 atom stereocenters. The van der Waals surface area contributed by atoms with Crippen molar-refractivity contribution < 1.29 is 9.59 Å². The van der Waals surface area contributed by atoms with Crippen LogP contribution in [0.2, 0.25) is 0 Å². The second-order valence-electron chi connectivity index (χ2n) is 4.97. The van der Waals surface area contributed by atoms with Crippen LogP contribution in [-0.4, -0.2) is 11.6 Å². The van der Waals surface area contributed by atoms with Gasteiger partial charge in [0.15, 0.2) is 0 Å². The van der Waals surface area contributed by atoms with E-state index in [1.54, 1.807) is 0 Å². The molecule has 0 saturated heterocycles. The minimum Gasteiger partial charge on any atom is -0.285 e. The summed E-state index contributed by atoms with van der Waals surface area (Å²) < 4.78 is 0. The van der Waals surface area contributed by atoms with Crippen molar-refractivity contribution >= 4 is 22.3 Å². The van der Waals surface area contributed by atoms with Gasteiger partial charge in [0.1, 0.15) is 0 Å². The van der Waals surface area contributed by atoms with Crippen molar-refractivity contribution in [3.63, 3.8) is 0 Å². The van der Waals surface area contributed by atoms with Crippen LogP contribution in [0.25, 0.3) is 10.8 Å². The van der Waals surface area contributed by atoms with E-state index in [1.165, 1.54) is 0 Å². The number of carbonyl (C=O) groups is 2. The molecule has 90 valence electrons. The first kappa shape index (κ1) is 11.1. The number of Topliss-reactive ketones (excluding diaryl/α,β-unsaturated/α-hetero) is 2. The smallest absolute Gasteiger partial charge is 0.234 e. The Morgan fingerprint density at radius 3 is 2.39 bits per heavy atom. The molecular formula is C16H14O2. The van der Waals surface area contributed by atoms with Gasteiger partial charge in [-0.05, 0) is 48.4 Å². The zero-order valence-electron chi connectivity index (χ0n) is 10.8. The number of rotatable bonds is 1. The van der Waals surface area contributed by atoms with E-state index < -0.39 is 0 Å². The number of benzene rings is 2. The first-order valence-corrected chi connectivity index (χ1v) is 6.20. The summed E-state index contributed by atoms with van der Waals surface area (Å²) in [6, 6.07) is 5.95. The van der Waals surface area contributed by atoms with Crippen molar-refractivity contribution in [3.8, 4) is 0 Å². The topological polar surface area (TPSA) is 34.1 Å².